The first-order valence-electron chi connectivity index (χ1n) is 12.8. The first-order chi connectivity index (χ1) is 17.4. The number of piperidine rings is 2. The number of carbonyl (C=O) groups is 3. The average molecular weight is 500 g/mol. The van der Waals surface area contributed by atoms with Gasteiger partial charge < -0.3 is 25.8 Å². The summed E-state index contributed by atoms with van der Waals surface area (Å²) in [7, 11) is 1.33. The standard InChI is InChI=1S/C26H37N5O5/c1-3-36-20-10-6-5-9-18(20)22-21(23(32)35-2)19(28-25(34)29-22)17-30-15-11-26(12-16-30,24(27)33)31-13-7-4-8-14-31/h5-6,9-10,22H,3-4,7-8,11-17H2,1-2H3,(H2,27,33)(H2,28,29,34). The van der Waals surface area contributed by atoms with Crippen molar-refractivity contribution in [3.63, 3.8) is 0 Å². The number of carbonyl (C=O) groups excluding carboxylic acids is 3. The number of para-hydroxylation sites is 1. The number of nitrogens with one attached hydrogen (secondary N) is 2. The summed E-state index contributed by atoms with van der Waals surface area (Å²) in [6.07, 6.45) is 4.58. The van der Waals surface area contributed by atoms with E-state index in [0.717, 1.165) is 25.9 Å². The number of likely N-dealkylation sites (tertiary alicyclic amines) is 2. The summed E-state index contributed by atoms with van der Waals surface area (Å²) in [5.74, 6) is -0.189. The maximum atomic E-state index is 13.0. The van der Waals surface area contributed by atoms with Gasteiger partial charge in [0.15, 0.2) is 0 Å². The van der Waals surface area contributed by atoms with E-state index in [9.17, 15) is 14.4 Å². The third kappa shape index (κ3) is 5.19. The molecular formula is C26H37N5O5. The summed E-state index contributed by atoms with van der Waals surface area (Å²) in [6, 6.07) is 6.23. The molecule has 3 heterocycles. The number of hydrogen-bond acceptors (Lipinski definition) is 7. The van der Waals surface area contributed by atoms with Gasteiger partial charge in [0.1, 0.15) is 11.3 Å². The maximum Gasteiger partial charge on any atom is 0.338 e. The molecule has 10 heteroatoms. The second-order valence-corrected chi connectivity index (χ2v) is 9.61. The Labute approximate surface area is 212 Å². The van der Waals surface area contributed by atoms with Gasteiger partial charge in [-0.05, 0) is 51.8 Å². The van der Waals surface area contributed by atoms with Crippen molar-refractivity contribution in [2.45, 2.75) is 50.6 Å². The number of ether oxygens (including phenoxy) is 2. The van der Waals surface area contributed by atoms with E-state index in [2.05, 4.69) is 20.4 Å². The minimum Gasteiger partial charge on any atom is -0.494 e. The lowest BCUT2D eigenvalue weighted by molar-refractivity contribution is -0.136. The highest BCUT2D eigenvalue weighted by Gasteiger charge is 2.45. The number of nitrogens with zero attached hydrogens (tertiary/aromatic N) is 2. The Hall–Kier alpha value is -3.11. The predicted octanol–water partition coefficient (Wildman–Crippen LogP) is 1.67. The first-order valence-corrected chi connectivity index (χ1v) is 12.8. The molecule has 196 valence electrons. The van der Waals surface area contributed by atoms with Gasteiger partial charge in [-0.2, -0.15) is 0 Å². The highest BCUT2D eigenvalue weighted by atomic mass is 16.5. The number of methoxy groups -OCH3 is 1. The summed E-state index contributed by atoms with van der Waals surface area (Å²) in [4.78, 5) is 42.7. The Morgan fingerprint density at radius 1 is 1.11 bits per heavy atom. The molecule has 10 nitrogen and oxygen atoms in total. The van der Waals surface area contributed by atoms with Gasteiger partial charge in [0.05, 0.1) is 25.3 Å². The van der Waals surface area contributed by atoms with Crippen molar-refractivity contribution < 1.29 is 23.9 Å². The quantitative estimate of drug-likeness (QED) is 0.465. The maximum absolute atomic E-state index is 13.0. The molecule has 1 atom stereocenters. The van der Waals surface area contributed by atoms with Gasteiger partial charge in [0.2, 0.25) is 5.91 Å². The van der Waals surface area contributed by atoms with Gasteiger partial charge in [-0.15, -0.1) is 0 Å². The zero-order valence-corrected chi connectivity index (χ0v) is 21.2. The van der Waals surface area contributed by atoms with Crippen molar-refractivity contribution in [3.8, 4) is 5.75 Å². The van der Waals surface area contributed by atoms with Crippen LogP contribution in [-0.2, 0) is 14.3 Å². The van der Waals surface area contributed by atoms with E-state index in [-0.39, 0.29) is 5.91 Å². The highest BCUT2D eigenvalue weighted by Crippen LogP contribution is 2.35. The Morgan fingerprint density at radius 2 is 1.81 bits per heavy atom. The summed E-state index contributed by atoms with van der Waals surface area (Å²) < 4.78 is 10.9. The Balaban J connectivity index is 1.59. The summed E-state index contributed by atoms with van der Waals surface area (Å²) in [6.45, 7) is 5.72. The molecule has 36 heavy (non-hydrogen) atoms. The van der Waals surface area contributed by atoms with Crippen LogP contribution in [0.25, 0.3) is 0 Å². The Morgan fingerprint density at radius 3 is 2.44 bits per heavy atom. The van der Waals surface area contributed by atoms with Gasteiger partial charge in [0, 0.05) is 30.9 Å². The van der Waals surface area contributed by atoms with Crippen LogP contribution in [0.1, 0.15) is 50.6 Å². The van der Waals surface area contributed by atoms with E-state index in [1.54, 1.807) is 0 Å². The smallest absolute Gasteiger partial charge is 0.338 e. The molecule has 0 aliphatic carbocycles. The lowest BCUT2D eigenvalue weighted by atomic mass is 9.83. The molecule has 0 aromatic heterocycles. The minimum absolute atomic E-state index is 0.263. The molecule has 3 amide bonds. The molecule has 0 radical (unpaired) electrons. The van der Waals surface area contributed by atoms with Crippen molar-refractivity contribution in [2.75, 3.05) is 46.4 Å². The van der Waals surface area contributed by atoms with Gasteiger partial charge in [0.25, 0.3) is 0 Å². The van der Waals surface area contributed by atoms with Crippen LogP contribution < -0.4 is 21.1 Å². The lowest BCUT2D eigenvalue weighted by Crippen LogP contribution is -2.63. The zero-order chi connectivity index (χ0) is 25.7. The van der Waals surface area contributed by atoms with E-state index in [1.165, 1.54) is 13.5 Å². The first kappa shape index (κ1) is 26.0. The number of hydrogen-bond donors (Lipinski definition) is 3. The molecule has 1 unspecified atom stereocenters. The number of esters is 1. The summed E-state index contributed by atoms with van der Waals surface area (Å²) in [5.41, 5.74) is 6.82. The van der Waals surface area contributed by atoms with E-state index in [4.69, 9.17) is 15.2 Å². The highest BCUT2D eigenvalue weighted by molar-refractivity contribution is 5.95. The average Bonchev–Trinajstić information content (AvgIpc) is 2.89. The van der Waals surface area contributed by atoms with Crippen molar-refractivity contribution in [1.82, 2.24) is 20.4 Å². The van der Waals surface area contributed by atoms with Gasteiger partial charge in [-0.3, -0.25) is 14.6 Å². The molecule has 4 N–H and O–H groups in total. The fourth-order valence-electron chi connectivity index (χ4n) is 5.68. The monoisotopic (exact) mass is 499 g/mol. The van der Waals surface area contributed by atoms with Crippen molar-refractivity contribution >= 4 is 17.9 Å². The Kier molecular flexibility index (Phi) is 8.15. The van der Waals surface area contributed by atoms with Crippen LogP contribution in [0.2, 0.25) is 0 Å². The topological polar surface area (TPSA) is 126 Å². The number of urea groups is 1. The molecular weight excluding hydrogens is 462 g/mol. The van der Waals surface area contributed by atoms with Gasteiger partial charge in [-0.1, -0.05) is 24.6 Å². The predicted molar refractivity (Wildman–Crippen MR) is 134 cm³/mol. The second-order valence-electron chi connectivity index (χ2n) is 9.61. The third-order valence-electron chi connectivity index (χ3n) is 7.57. The van der Waals surface area contributed by atoms with Crippen molar-refractivity contribution in [1.29, 1.82) is 0 Å². The Bertz CT molecular complexity index is 1010. The van der Waals surface area contributed by atoms with Crippen LogP contribution in [-0.4, -0.2) is 79.7 Å². The number of primary amides is 1. The molecule has 3 aliphatic rings. The minimum atomic E-state index is -0.716. The lowest BCUT2D eigenvalue weighted by Gasteiger charge is -2.48. The van der Waals surface area contributed by atoms with Crippen LogP contribution in [0.15, 0.2) is 35.5 Å². The molecule has 0 bridgehead atoms. The van der Waals surface area contributed by atoms with E-state index in [0.29, 0.717) is 61.7 Å². The van der Waals surface area contributed by atoms with E-state index >= 15 is 0 Å². The van der Waals surface area contributed by atoms with E-state index in [1.807, 2.05) is 31.2 Å². The summed E-state index contributed by atoms with van der Waals surface area (Å²) in [5, 5.41) is 5.69. The molecule has 0 spiro atoms. The van der Waals surface area contributed by atoms with Crippen LogP contribution >= 0.6 is 0 Å². The van der Waals surface area contributed by atoms with Crippen LogP contribution in [0.3, 0.4) is 0 Å². The largest absolute Gasteiger partial charge is 0.494 e. The fraction of sp³-hybridized carbons (Fsp3) is 0.577. The molecule has 0 saturated carbocycles. The molecule has 3 aliphatic heterocycles. The summed E-state index contributed by atoms with van der Waals surface area (Å²) >= 11 is 0. The molecule has 4 rings (SSSR count). The zero-order valence-electron chi connectivity index (χ0n) is 21.2. The van der Waals surface area contributed by atoms with Crippen molar-refractivity contribution in [3.05, 3.63) is 41.1 Å². The van der Waals surface area contributed by atoms with Crippen LogP contribution in [0.5, 0.6) is 5.75 Å². The van der Waals surface area contributed by atoms with E-state index < -0.39 is 23.6 Å². The van der Waals surface area contributed by atoms with Gasteiger partial charge >= 0.3 is 12.0 Å². The molecule has 2 saturated heterocycles. The SMILES string of the molecule is CCOc1ccccc1C1NC(=O)NC(CN2CCC(C(N)=O)(N3CCCCC3)CC2)=C1C(=O)OC. The van der Waals surface area contributed by atoms with Crippen LogP contribution in [0.4, 0.5) is 4.79 Å². The van der Waals surface area contributed by atoms with Crippen molar-refractivity contribution in [2.24, 2.45) is 5.73 Å². The number of amides is 3. The molecule has 1 aromatic rings. The fourth-order valence-corrected chi connectivity index (χ4v) is 5.68. The number of nitrogens with two attached hydrogens (primary N) is 1. The molecule has 2 fully saturated rings. The normalized spacial score (nSPS) is 22.9. The molecule has 1 aromatic carbocycles. The third-order valence-corrected chi connectivity index (χ3v) is 7.57. The second kappa shape index (κ2) is 11.3. The number of rotatable bonds is 8. The van der Waals surface area contributed by atoms with Gasteiger partial charge in [-0.25, -0.2) is 9.59 Å². The number of benzene rings is 1. The van der Waals surface area contributed by atoms with Crippen LogP contribution in [0, 0.1) is 0 Å².